The van der Waals surface area contributed by atoms with E-state index in [4.69, 9.17) is 7.48 Å². The molecule has 3 aliphatic rings. The first kappa shape index (κ1) is 17.4. The van der Waals surface area contributed by atoms with Gasteiger partial charge in [0, 0.05) is 54.8 Å². The second kappa shape index (κ2) is 8.47. The number of hydrogen-bond donors (Lipinski definition) is 1. The van der Waals surface area contributed by atoms with E-state index in [1.807, 2.05) is 18.2 Å². The summed E-state index contributed by atoms with van der Waals surface area (Å²) in [6.45, 7) is 1.77. The predicted molar refractivity (Wildman–Crippen MR) is 116 cm³/mol. The molecule has 2 aliphatic heterocycles. The van der Waals surface area contributed by atoms with E-state index in [0.717, 1.165) is 44.6 Å². The van der Waals surface area contributed by atoms with Crippen molar-refractivity contribution < 1.29 is 7.48 Å². The van der Waals surface area contributed by atoms with E-state index in [0.29, 0.717) is 42.3 Å². The Morgan fingerprint density at radius 3 is 2.63 bits per heavy atom. The molecule has 0 spiro atoms. The van der Waals surface area contributed by atoms with Gasteiger partial charge >= 0.3 is 0 Å². The molecule has 2 aromatic rings. The van der Waals surface area contributed by atoms with E-state index >= 15 is 0 Å². The molecule has 7 heteroatoms. The van der Waals surface area contributed by atoms with Crippen molar-refractivity contribution >= 4 is 5.82 Å². The molecule has 0 amide bonds. The third kappa shape index (κ3) is 4.14. The molecule has 3 fully saturated rings. The third-order valence-corrected chi connectivity index (χ3v) is 6.75. The van der Waals surface area contributed by atoms with Crippen molar-refractivity contribution in [1.82, 2.24) is 19.7 Å². The van der Waals surface area contributed by atoms with Gasteiger partial charge in [-0.05, 0) is 67.7 Å². The standard InChI is InChI=1S/C23H31N5O2/c1-27-8-2-3-20(23(27)29)21-4-5-22(26-25-21)24-19-11-17-14-28(15-18(17)12-19)13-16-6-9-30-10-7-16/h2-5,8,16-19H,6-7,9-15H2,1H3,(H,24,26)/t17-,18+,19?/i13D2. The van der Waals surface area contributed by atoms with Crippen LogP contribution in [-0.4, -0.2) is 58.5 Å². The van der Waals surface area contributed by atoms with Gasteiger partial charge in [0.15, 0.2) is 0 Å². The number of likely N-dealkylation sites (tertiary alicyclic amines) is 1. The highest BCUT2D eigenvalue weighted by Gasteiger charge is 2.41. The minimum absolute atomic E-state index is 0.0687. The molecule has 1 aliphatic carbocycles. The number of fused-ring (bicyclic) bond motifs is 1. The lowest BCUT2D eigenvalue weighted by molar-refractivity contribution is 0.0545. The number of aryl methyl sites for hydroxylation is 1. The van der Waals surface area contributed by atoms with E-state index in [1.54, 1.807) is 19.3 Å². The maximum Gasteiger partial charge on any atom is 0.259 e. The maximum absolute atomic E-state index is 12.3. The highest BCUT2D eigenvalue weighted by Crippen LogP contribution is 2.39. The van der Waals surface area contributed by atoms with Gasteiger partial charge in [0.2, 0.25) is 0 Å². The fourth-order valence-corrected chi connectivity index (χ4v) is 5.16. The van der Waals surface area contributed by atoms with Crippen molar-refractivity contribution in [3.8, 4) is 11.3 Å². The van der Waals surface area contributed by atoms with Crippen LogP contribution < -0.4 is 10.9 Å². The molecule has 1 unspecified atom stereocenters. The minimum Gasteiger partial charge on any atom is -0.381 e. The summed E-state index contributed by atoms with van der Waals surface area (Å²) in [4.78, 5) is 14.4. The van der Waals surface area contributed by atoms with Crippen LogP contribution in [0.25, 0.3) is 11.3 Å². The summed E-state index contributed by atoms with van der Waals surface area (Å²) in [7, 11) is 1.72. The molecule has 2 saturated heterocycles. The topological polar surface area (TPSA) is 72.3 Å². The molecular formula is C23H31N5O2. The smallest absolute Gasteiger partial charge is 0.259 e. The summed E-state index contributed by atoms with van der Waals surface area (Å²) in [6.07, 6.45) is 5.39. The molecule has 30 heavy (non-hydrogen) atoms. The average Bonchev–Trinajstić information content (AvgIpc) is 3.36. The van der Waals surface area contributed by atoms with Crippen molar-refractivity contribution in [1.29, 1.82) is 0 Å². The summed E-state index contributed by atoms with van der Waals surface area (Å²) in [5.74, 6) is 1.82. The van der Waals surface area contributed by atoms with Gasteiger partial charge < -0.3 is 19.5 Å². The fraction of sp³-hybridized carbons (Fsp3) is 0.609. The number of hydrogen-bond acceptors (Lipinski definition) is 6. The Bertz CT molecular complexity index is 992. The van der Waals surface area contributed by atoms with Gasteiger partial charge in [-0.1, -0.05) is 0 Å². The summed E-state index contributed by atoms with van der Waals surface area (Å²) < 4.78 is 24.4. The number of aromatic nitrogens is 3. The Kier molecular flexibility index (Phi) is 4.92. The molecule has 7 nitrogen and oxygen atoms in total. The van der Waals surface area contributed by atoms with E-state index in [-0.39, 0.29) is 11.5 Å². The van der Waals surface area contributed by atoms with Crippen LogP contribution in [-0.2, 0) is 11.8 Å². The average molecular weight is 412 g/mol. The minimum atomic E-state index is -1.24. The molecule has 4 heterocycles. The van der Waals surface area contributed by atoms with Gasteiger partial charge in [-0.15, -0.1) is 10.2 Å². The molecule has 1 saturated carbocycles. The Labute approximate surface area is 180 Å². The highest BCUT2D eigenvalue weighted by atomic mass is 16.5. The summed E-state index contributed by atoms with van der Waals surface area (Å²) in [6, 6.07) is 7.65. The van der Waals surface area contributed by atoms with Gasteiger partial charge in [0.25, 0.3) is 5.56 Å². The first-order chi connectivity index (χ1) is 15.4. The molecule has 1 N–H and O–H groups in total. The molecule has 0 aromatic carbocycles. The molecule has 0 radical (unpaired) electrons. The molecular weight excluding hydrogens is 378 g/mol. The largest absolute Gasteiger partial charge is 0.381 e. The van der Waals surface area contributed by atoms with Crippen LogP contribution in [0.1, 0.15) is 28.4 Å². The molecule has 3 atom stereocenters. The monoisotopic (exact) mass is 411 g/mol. The Morgan fingerprint density at radius 2 is 1.93 bits per heavy atom. The molecule has 160 valence electrons. The number of rotatable bonds is 5. The Morgan fingerprint density at radius 1 is 1.17 bits per heavy atom. The third-order valence-electron chi connectivity index (χ3n) is 6.75. The maximum atomic E-state index is 12.3. The number of nitrogens with zero attached hydrogens (tertiary/aromatic N) is 4. The van der Waals surface area contributed by atoms with Gasteiger partial charge in [0.05, 0.1) is 11.3 Å². The normalized spacial score (nSPS) is 28.8. The van der Waals surface area contributed by atoms with Crippen molar-refractivity contribution in [3.05, 3.63) is 40.8 Å². The predicted octanol–water partition coefficient (Wildman–Crippen LogP) is 2.39. The molecule has 5 rings (SSSR count). The number of pyridine rings is 1. The van der Waals surface area contributed by atoms with Crippen molar-refractivity contribution in [2.24, 2.45) is 24.8 Å². The van der Waals surface area contributed by atoms with Gasteiger partial charge in [-0.3, -0.25) is 4.79 Å². The van der Waals surface area contributed by atoms with Gasteiger partial charge in [-0.25, -0.2) is 0 Å². The van der Waals surface area contributed by atoms with Crippen LogP contribution in [0, 0.1) is 17.8 Å². The second-order valence-electron chi connectivity index (χ2n) is 8.90. The summed E-state index contributed by atoms with van der Waals surface area (Å²) >= 11 is 0. The van der Waals surface area contributed by atoms with Crippen LogP contribution in [0.15, 0.2) is 35.3 Å². The van der Waals surface area contributed by atoms with Crippen molar-refractivity contribution in [2.45, 2.75) is 31.7 Å². The zero-order valence-electron chi connectivity index (χ0n) is 19.5. The zero-order chi connectivity index (χ0) is 22.3. The molecule has 0 bridgehead atoms. The van der Waals surface area contributed by atoms with Gasteiger partial charge in [-0.2, -0.15) is 0 Å². The van der Waals surface area contributed by atoms with Crippen LogP contribution in [0.3, 0.4) is 0 Å². The lowest BCUT2D eigenvalue weighted by Gasteiger charge is -2.27. The second-order valence-corrected chi connectivity index (χ2v) is 8.90. The number of ether oxygens (including phenoxy) is 1. The molecule has 2 aromatic heterocycles. The Balaban J connectivity index is 1.18. The summed E-state index contributed by atoms with van der Waals surface area (Å²) in [5, 5.41) is 12.1. The lowest BCUT2D eigenvalue weighted by Crippen LogP contribution is -2.32. The lowest BCUT2D eigenvalue weighted by atomic mass is 10.00. The van der Waals surface area contributed by atoms with Crippen LogP contribution in [0.4, 0.5) is 5.82 Å². The summed E-state index contributed by atoms with van der Waals surface area (Å²) in [5.41, 5.74) is 1.03. The van der Waals surface area contributed by atoms with Crippen LogP contribution >= 0.6 is 0 Å². The number of anilines is 1. The quantitative estimate of drug-likeness (QED) is 0.815. The highest BCUT2D eigenvalue weighted by molar-refractivity contribution is 5.58. The van der Waals surface area contributed by atoms with E-state index in [1.165, 1.54) is 4.57 Å². The van der Waals surface area contributed by atoms with Crippen molar-refractivity contribution in [2.75, 3.05) is 38.1 Å². The zero-order valence-corrected chi connectivity index (χ0v) is 17.5. The van der Waals surface area contributed by atoms with E-state index in [9.17, 15) is 4.79 Å². The van der Waals surface area contributed by atoms with E-state index < -0.39 is 6.50 Å². The SMILES string of the molecule is [2H]C([2H])(C1CCOCC1)N1C[C@H]2CC(Nc3ccc(-c4cccn(C)c4=O)nn3)C[C@H]2C1. The number of nitrogens with one attached hydrogen (secondary N) is 1. The van der Waals surface area contributed by atoms with E-state index in [2.05, 4.69) is 20.4 Å². The van der Waals surface area contributed by atoms with Crippen LogP contribution in [0.2, 0.25) is 0 Å². The fourth-order valence-electron chi connectivity index (χ4n) is 5.16. The van der Waals surface area contributed by atoms with Gasteiger partial charge in [0.1, 0.15) is 5.82 Å². The Hall–Kier alpha value is -2.25. The first-order valence-electron chi connectivity index (χ1n) is 12.0. The first-order valence-corrected chi connectivity index (χ1v) is 11.0. The van der Waals surface area contributed by atoms with Crippen molar-refractivity contribution in [3.63, 3.8) is 0 Å². The van der Waals surface area contributed by atoms with Crippen LogP contribution in [0.5, 0.6) is 0 Å².